The van der Waals surface area contributed by atoms with Gasteiger partial charge in [-0.25, -0.2) is 4.39 Å². The van der Waals surface area contributed by atoms with Gasteiger partial charge >= 0.3 is 0 Å². The van der Waals surface area contributed by atoms with Crippen LogP contribution in [0.25, 0.3) is 0 Å². The van der Waals surface area contributed by atoms with Crippen molar-refractivity contribution in [2.24, 2.45) is 5.73 Å². The van der Waals surface area contributed by atoms with Gasteiger partial charge in [-0.05, 0) is 42.0 Å². The smallest absolute Gasteiger partial charge is 0.129 e. The molecule has 3 heteroatoms. The van der Waals surface area contributed by atoms with E-state index in [1.807, 2.05) is 18.2 Å². The number of hydrogen-bond donors (Lipinski definition) is 1. The molecule has 0 heterocycles. The normalized spacial score (nSPS) is 16.8. The molecule has 1 fully saturated rings. The van der Waals surface area contributed by atoms with Gasteiger partial charge in [-0.15, -0.1) is 0 Å². The lowest BCUT2D eigenvalue weighted by atomic mass is 9.79. The van der Waals surface area contributed by atoms with Crippen molar-refractivity contribution in [1.82, 2.24) is 0 Å². The monoisotopic (exact) mass is 333 g/mol. The van der Waals surface area contributed by atoms with Crippen LogP contribution in [0.1, 0.15) is 47.9 Å². The van der Waals surface area contributed by atoms with E-state index in [1.54, 1.807) is 6.07 Å². The summed E-state index contributed by atoms with van der Waals surface area (Å²) in [5.41, 5.74) is 9.06. The minimum absolute atomic E-state index is 0.269. The molecule has 104 valence electrons. The molecule has 0 amide bonds. The fourth-order valence-corrected chi connectivity index (χ4v) is 3.28. The van der Waals surface area contributed by atoms with Gasteiger partial charge in [0.15, 0.2) is 0 Å². The van der Waals surface area contributed by atoms with E-state index in [9.17, 15) is 4.39 Å². The summed E-state index contributed by atoms with van der Waals surface area (Å²) in [5, 5.41) is 0. The molecular formula is C17H17BrFN. The maximum atomic E-state index is 13.9. The van der Waals surface area contributed by atoms with Crippen molar-refractivity contribution >= 4 is 15.9 Å². The van der Waals surface area contributed by atoms with Gasteiger partial charge in [0.2, 0.25) is 0 Å². The number of halogens is 2. The van der Waals surface area contributed by atoms with Gasteiger partial charge < -0.3 is 5.73 Å². The fraction of sp³-hybridized carbons (Fsp3) is 0.294. The minimum Gasteiger partial charge on any atom is -0.320 e. The molecular weight excluding hydrogens is 317 g/mol. The van der Waals surface area contributed by atoms with Gasteiger partial charge in [0, 0.05) is 10.0 Å². The Hall–Kier alpha value is -1.19. The van der Waals surface area contributed by atoms with E-state index in [2.05, 4.69) is 28.1 Å². The van der Waals surface area contributed by atoms with E-state index in [0.29, 0.717) is 16.0 Å². The highest BCUT2D eigenvalue weighted by Crippen LogP contribution is 2.37. The van der Waals surface area contributed by atoms with Crippen LogP contribution >= 0.6 is 15.9 Å². The Kier molecular flexibility index (Phi) is 3.90. The summed E-state index contributed by atoms with van der Waals surface area (Å²) in [4.78, 5) is 0. The van der Waals surface area contributed by atoms with E-state index in [1.165, 1.54) is 30.9 Å². The Bertz CT molecular complexity index is 585. The second-order valence-corrected chi connectivity index (χ2v) is 6.26. The molecule has 1 aliphatic rings. The van der Waals surface area contributed by atoms with Crippen LogP contribution < -0.4 is 5.73 Å². The highest BCUT2D eigenvalue weighted by atomic mass is 79.9. The first kappa shape index (κ1) is 13.8. The van der Waals surface area contributed by atoms with Crippen molar-refractivity contribution in [3.05, 3.63) is 69.4 Å². The lowest BCUT2D eigenvalue weighted by molar-refractivity contribution is 0.419. The van der Waals surface area contributed by atoms with Crippen molar-refractivity contribution < 1.29 is 4.39 Å². The summed E-state index contributed by atoms with van der Waals surface area (Å²) in [7, 11) is 0. The van der Waals surface area contributed by atoms with Crippen LogP contribution in [0.2, 0.25) is 0 Å². The van der Waals surface area contributed by atoms with Crippen molar-refractivity contribution in [1.29, 1.82) is 0 Å². The number of nitrogens with two attached hydrogens (primary N) is 1. The van der Waals surface area contributed by atoms with E-state index in [-0.39, 0.29) is 5.82 Å². The summed E-state index contributed by atoms with van der Waals surface area (Å²) in [6, 6.07) is 12.8. The Morgan fingerprint density at radius 2 is 1.80 bits per heavy atom. The van der Waals surface area contributed by atoms with Gasteiger partial charge in [-0.2, -0.15) is 0 Å². The highest BCUT2D eigenvalue weighted by Gasteiger charge is 2.20. The molecule has 0 bridgehead atoms. The molecule has 0 spiro atoms. The number of benzene rings is 2. The first-order chi connectivity index (χ1) is 9.66. The maximum Gasteiger partial charge on any atom is 0.129 e. The van der Waals surface area contributed by atoms with E-state index in [4.69, 9.17) is 5.73 Å². The molecule has 1 atom stereocenters. The molecule has 1 aliphatic carbocycles. The van der Waals surface area contributed by atoms with Crippen LogP contribution in [0.15, 0.2) is 46.9 Å². The molecule has 20 heavy (non-hydrogen) atoms. The molecule has 0 saturated heterocycles. The zero-order valence-corrected chi connectivity index (χ0v) is 12.7. The highest BCUT2D eigenvalue weighted by molar-refractivity contribution is 9.10. The SMILES string of the molecule is NC(c1ccc(C2CCC2)cc1)c1c(F)cccc1Br. The molecule has 0 aromatic heterocycles. The maximum absolute atomic E-state index is 13.9. The third-order valence-corrected chi connectivity index (χ3v) is 4.87. The Morgan fingerprint density at radius 1 is 1.10 bits per heavy atom. The predicted molar refractivity (Wildman–Crippen MR) is 83.2 cm³/mol. The molecule has 1 unspecified atom stereocenters. The lowest BCUT2D eigenvalue weighted by Gasteiger charge is -2.26. The molecule has 1 nitrogen and oxygen atoms in total. The van der Waals surface area contributed by atoms with Crippen LogP contribution in [0.5, 0.6) is 0 Å². The summed E-state index contributed by atoms with van der Waals surface area (Å²) in [6.45, 7) is 0. The second-order valence-electron chi connectivity index (χ2n) is 5.41. The van der Waals surface area contributed by atoms with Crippen LogP contribution in [0, 0.1) is 5.82 Å². The summed E-state index contributed by atoms with van der Waals surface area (Å²) < 4.78 is 14.7. The van der Waals surface area contributed by atoms with Crippen molar-refractivity contribution in [2.45, 2.75) is 31.2 Å². The zero-order chi connectivity index (χ0) is 14.1. The van der Waals surface area contributed by atoms with Crippen LogP contribution in [0.3, 0.4) is 0 Å². The van der Waals surface area contributed by atoms with E-state index < -0.39 is 6.04 Å². The van der Waals surface area contributed by atoms with Gasteiger partial charge in [0.05, 0.1) is 6.04 Å². The van der Waals surface area contributed by atoms with E-state index >= 15 is 0 Å². The number of hydrogen-bond acceptors (Lipinski definition) is 1. The zero-order valence-electron chi connectivity index (χ0n) is 11.2. The van der Waals surface area contributed by atoms with Gasteiger partial charge in [-0.3, -0.25) is 0 Å². The molecule has 2 N–H and O–H groups in total. The largest absolute Gasteiger partial charge is 0.320 e. The van der Waals surface area contributed by atoms with Gasteiger partial charge in [0.25, 0.3) is 0 Å². The molecule has 1 saturated carbocycles. The molecule has 0 aliphatic heterocycles. The minimum atomic E-state index is -0.444. The van der Waals surface area contributed by atoms with Crippen LogP contribution in [0.4, 0.5) is 4.39 Å². The average molecular weight is 334 g/mol. The summed E-state index contributed by atoms with van der Waals surface area (Å²) >= 11 is 3.38. The standard InChI is InChI=1S/C17H17BrFN/c18-14-5-2-6-15(19)16(14)17(20)13-9-7-12(8-10-13)11-3-1-4-11/h2,5-11,17H,1,3-4,20H2. The molecule has 3 rings (SSSR count). The fourth-order valence-electron chi connectivity index (χ4n) is 2.69. The lowest BCUT2D eigenvalue weighted by Crippen LogP contribution is -2.15. The Balaban J connectivity index is 1.88. The van der Waals surface area contributed by atoms with Crippen LogP contribution in [-0.4, -0.2) is 0 Å². The Labute approximate surface area is 127 Å². The summed E-state index contributed by atoms with van der Waals surface area (Å²) in [5.74, 6) is 0.440. The van der Waals surface area contributed by atoms with Gasteiger partial charge in [-0.1, -0.05) is 52.7 Å². The van der Waals surface area contributed by atoms with Crippen LogP contribution in [-0.2, 0) is 0 Å². The first-order valence-corrected chi connectivity index (χ1v) is 7.75. The molecule has 2 aromatic rings. The predicted octanol–water partition coefficient (Wildman–Crippen LogP) is 4.90. The van der Waals surface area contributed by atoms with E-state index in [0.717, 1.165) is 5.56 Å². The summed E-state index contributed by atoms with van der Waals surface area (Å²) in [6.07, 6.45) is 3.89. The number of rotatable bonds is 3. The average Bonchev–Trinajstić information content (AvgIpc) is 2.37. The van der Waals surface area contributed by atoms with Gasteiger partial charge in [0.1, 0.15) is 5.82 Å². The Morgan fingerprint density at radius 3 is 2.35 bits per heavy atom. The first-order valence-electron chi connectivity index (χ1n) is 6.96. The topological polar surface area (TPSA) is 26.0 Å². The van der Waals surface area contributed by atoms with Crippen molar-refractivity contribution in [2.75, 3.05) is 0 Å². The third-order valence-electron chi connectivity index (χ3n) is 4.18. The van der Waals surface area contributed by atoms with Crippen molar-refractivity contribution in [3.8, 4) is 0 Å². The molecule has 0 radical (unpaired) electrons. The molecule has 2 aromatic carbocycles. The third kappa shape index (κ3) is 2.52. The second kappa shape index (κ2) is 5.66. The quantitative estimate of drug-likeness (QED) is 0.848. The van der Waals surface area contributed by atoms with Crippen molar-refractivity contribution in [3.63, 3.8) is 0 Å².